The lowest BCUT2D eigenvalue weighted by molar-refractivity contribution is 0.668. The summed E-state index contributed by atoms with van der Waals surface area (Å²) < 4.78 is 19.0. The maximum atomic E-state index is 6.43. The number of hydrogen-bond acceptors (Lipinski definition) is 4. The summed E-state index contributed by atoms with van der Waals surface area (Å²) in [6.45, 7) is 4.19. The Labute approximate surface area is 299 Å². The van der Waals surface area contributed by atoms with Crippen molar-refractivity contribution < 1.29 is 13.3 Å². The minimum atomic E-state index is 0.617. The molecule has 0 saturated carbocycles. The van der Waals surface area contributed by atoms with Gasteiger partial charge in [-0.15, -0.1) is 0 Å². The van der Waals surface area contributed by atoms with Crippen molar-refractivity contribution in [3.8, 4) is 0 Å². The van der Waals surface area contributed by atoms with E-state index in [1.807, 2.05) is 37.3 Å². The van der Waals surface area contributed by atoms with Gasteiger partial charge in [0, 0.05) is 49.9 Å². The van der Waals surface area contributed by atoms with Crippen molar-refractivity contribution >= 4 is 93.6 Å². The van der Waals surface area contributed by atoms with Gasteiger partial charge in [0.15, 0.2) is 0 Å². The standard InChI is InChI=1S/C48H33NO3/c1-3-40(32-19-23-39-47(27-32)52-44-25-20-30-10-4-5-11-34(30)48(39)44)49-41(33-18-22-38-36-13-7-9-15-43(36)51-46(38)28-33)24-16-29(2)31-17-21-37-35-12-6-8-14-42(35)50-45(37)26-31/h3-23,25-28H,24H2,1-2H3/b29-16+,40-3+,49-41?. The predicted octanol–water partition coefficient (Wildman–Crippen LogP) is 13.9. The van der Waals surface area contributed by atoms with Crippen LogP contribution in [0.2, 0.25) is 0 Å². The van der Waals surface area contributed by atoms with Crippen LogP contribution in [0.25, 0.3) is 87.9 Å². The molecule has 248 valence electrons. The molecule has 0 fully saturated rings. The molecule has 0 aliphatic carbocycles. The molecule has 0 radical (unpaired) electrons. The minimum Gasteiger partial charge on any atom is -0.456 e. The minimum absolute atomic E-state index is 0.617. The van der Waals surface area contributed by atoms with Gasteiger partial charge in [-0.05, 0) is 90.4 Å². The summed E-state index contributed by atoms with van der Waals surface area (Å²) in [4.78, 5) is 5.38. The van der Waals surface area contributed by atoms with Crippen molar-refractivity contribution in [1.29, 1.82) is 0 Å². The van der Waals surface area contributed by atoms with E-state index in [0.717, 1.165) is 99.5 Å². The summed E-state index contributed by atoms with van der Waals surface area (Å²) in [5, 5.41) is 9.11. The van der Waals surface area contributed by atoms with Crippen LogP contribution in [0.15, 0.2) is 170 Å². The Morgan fingerprint density at radius 1 is 0.500 bits per heavy atom. The molecule has 0 bridgehead atoms. The van der Waals surface area contributed by atoms with Gasteiger partial charge in [-0.25, -0.2) is 0 Å². The van der Waals surface area contributed by atoms with Gasteiger partial charge >= 0.3 is 0 Å². The zero-order valence-corrected chi connectivity index (χ0v) is 28.8. The summed E-state index contributed by atoms with van der Waals surface area (Å²) in [6.07, 6.45) is 4.95. The van der Waals surface area contributed by atoms with E-state index in [0.29, 0.717) is 6.42 Å². The van der Waals surface area contributed by atoms with E-state index in [9.17, 15) is 0 Å². The molecule has 10 rings (SSSR count). The third kappa shape index (κ3) is 4.95. The normalized spacial score (nSPS) is 13.2. The third-order valence-corrected chi connectivity index (χ3v) is 10.3. The van der Waals surface area contributed by atoms with E-state index in [4.69, 9.17) is 18.2 Å². The monoisotopic (exact) mass is 671 g/mol. The Morgan fingerprint density at radius 2 is 1.04 bits per heavy atom. The molecule has 52 heavy (non-hydrogen) atoms. The van der Waals surface area contributed by atoms with Crippen LogP contribution in [0.5, 0.6) is 0 Å². The van der Waals surface area contributed by atoms with Crippen LogP contribution in [0.1, 0.15) is 37.0 Å². The fraction of sp³-hybridized carbons (Fsp3) is 0.0625. The van der Waals surface area contributed by atoms with Gasteiger partial charge in [0.05, 0.1) is 11.4 Å². The molecule has 4 heteroatoms. The maximum absolute atomic E-state index is 6.43. The summed E-state index contributed by atoms with van der Waals surface area (Å²) >= 11 is 0. The number of hydrogen-bond donors (Lipinski definition) is 0. The largest absolute Gasteiger partial charge is 0.456 e. The highest BCUT2D eigenvalue weighted by atomic mass is 16.3. The number of benzene rings is 7. The highest BCUT2D eigenvalue weighted by Crippen LogP contribution is 2.37. The Kier molecular flexibility index (Phi) is 6.97. The second kappa shape index (κ2) is 12.0. The summed E-state index contributed by atoms with van der Waals surface area (Å²) in [7, 11) is 0. The molecule has 3 heterocycles. The highest BCUT2D eigenvalue weighted by Gasteiger charge is 2.15. The van der Waals surface area contributed by atoms with Crippen LogP contribution in [0, 0.1) is 0 Å². The first-order valence-corrected chi connectivity index (χ1v) is 17.7. The van der Waals surface area contributed by atoms with Crippen molar-refractivity contribution in [3.05, 3.63) is 168 Å². The zero-order valence-electron chi connectivity index (χ0n) is 28.8. The number of fused-ring (bicyclic) bond motifs is 11. The Hall–Kier alpha value is -6.65. The summed E-state index contributed by atoms with van der Waals surface area (Å²) in [5.74, 6) is 0. The first-order valence-electron chi connectivity index (χ1n) is 17.7. The van der Waals surface area contributed by atoms with Crippen LogP contribution < -0.4 is 0 Å². The van der Waals surface area contributed by atoms with Crippen LogP contribution in [-0.2, 0) is 0 Å². The van der Waals surface area contributed by atoms with Crippen LogP contribution in [0.3, 0.4) is 0 Å². The SMILES string of the molecule is C/C=C(/N=C(C/C=C(\C)c1ccc2c(c1)oc1ccccc12)c1ccc2c(c1)oc1ccccc12)c1ccc2c(c1)oc1ccc3ccccc3c12. The Bertz CT molecular complexity index is 3130. The molecular formula is C48H33NO3. The Balaban J connectivity index is 1.07. The molecule has 3 aromatic heterocycles. The number of furan rings is 3. The lowest BCUT2D eigenvalue weighted by atomic mass is 10.00. The van der Waals surface area contributed by atoms with E-state index in [-0.39, 0.29) is 0 Å². The second-order valence-electron chi connectivity index (χ2n) is 13.4. The van der Waals surface area contributed by atoms with E-state index in [1.54, 1.807) is 0 Å². The molecule has 0 aliphatic heterocycles. The average molecular weight is 672 g/mol. The van der Waals surface area contributed by atoms with E-state index < -0.39 is 0 Å². The molecule has 7 aromatic carbocycles. The topological polar surface area (TPSA) is 51.8 Å². The first-order chi connectivity index (χ1) is 25.6. The molecule has 0 N–H and O–H groups in total. The molecule has 10 aromatic rings. The van der Waals surface area contributed by atoms with Crippen molar-refractivity contribution in [2.45, 2.75) is 20.3 Å². The quantitative estimate of drug-likeness (QED) is 0.165. The van der Waals surface area contributed by atoms with Crippen molar-refractivity contribution in [3.63, 3.8) is 0 Å². The van der Waals surface area contributed by atoms with Crippen molar-refractivity contribution in [1.82, 2.24) is 0 Å². The zero-order chi connectivity index (χ0) is 34.8. The van der Waals surface area contributed by atoms with Gasteiger partial charge in [0.1, 0.15) is 33.5 Å². The van der Waals surface area contributed by atoms with Crippen LogP contribution in [0.4, 0.5) is 0 Å². The second-order valence-corrected chi connectivity index (χ2v) is 13.4. The van der Waals surface area contributed by atoms with Gasteiger partial charge in [-0.2, -0.15) is 0 Å². The molecule has 0 unspecified atom stereocenters. The fourth-order valence-electron chi connectivity index (χ4n) is 7.62. The first kappa shape index (κ1) is 30.2. The Morgan fingerprint density at radius 3 is 1.77 bits per heavy atom. The van der Waals surface area contributed by atoms with Gasteiger partial charge in [0.2, 0.25) is 0 Å². The van der Waals surface area contributed by atoms with Crippen LogP contribution >= 0.6 is 0 Å². The maximum Gasteiger partial charge on any atom is 0.136 e. The van der Waals surface area contributed by atoms with Crippen LogP contribution in [-0.4, -0.2) is 5.71 Å². The lowest BCUT2D eigenvalue weighted by Crippen LogP contribution is -2.01. The highest BCUT2D eigenvalue weighted by molar-refractivity contribution is 6.19. The average Bonchev–Trinajstić information content (AvgIpc) is 3.88. The fourth-order valence-corrected chi connectivity index (χ4v) is 7.62. The number of nitrogens with zero attached hydrogens (tertiary/aromatic N) is 1. The number of allylic oxidation sites excluding steroid dienone is 3. The smallest absolute Gasteiger partial charge is 0.136 e. The van der Waals surface area contributed by atoms with E-state index in [2.05, 4.69) is 128 Å². The van der Waals surface area contributed by atoms with Gasteiger partial charge in [0.25, 0.3) is 0 Å². The number of aliphatic imine (C=N–C) groups is 1. The predicted molar refractivity (Wildman–Crippen MR) is 217 cm³/mol. The molecule has 0 spiro atoms. The molecule has 4 nitrogen and oxygen atoms in total. The van der Waals surface area contributed by atoms with E-state index >= 15 is 0 Å². The third-order valence-electron chi connectivity index (χ3n) is 10.3. The molecule has 0 aliphatic rings. The van der Waals surface area contributed by atoms with Gasteiger partial charge in [-0.1, -0.05) is 97.1 Å². The molecule has 0 atom stereocenters. The number of rotatable bonds is 6. The lowest BCUT2D eigenvalue weighted by Gasteiger charge is -2.10. The molecule has 0 amide bonds. The number of para-hydroxylation sites is 2. The summed E-state index contributed by atoms with van der Waals surface area (Å²) in [6, 6.07) is 48.4. The van der Waals surface area contributed by atoms with Crippen molar-refractivity contribution in [2.24, 2.45) is 4.99 Å². The molecule has 0 saturated heterocycles. The van der Waals surface area contributed by atoms with E-state index in [1.165, 1.54) is 10.8 Å². The summed E-state index contributed by atoms with van der Waals surface area (Å²) in [5.41, 5.74) is 11.4. The molecular weight excluding hydrogens is 639 g/mol. The van der Waals surface area contributed by atoms with Gasteiger partial charge < -0.3 is 13.3 Å². The van der Waals surface area contributed by atoms with Gasteiger partial charge in [-0.3, -0.25) is 4.99 Å². The van der Waals surface area contributed by atoms with Crippen molar-refractivity contribution in [2.75, 3.05) is 0 Å².